The maximum absolute atomic E-state index is 12.4. The van der Waals surface area contributed by atoms with Crippen LogP contribution in [-0.2, 0) is 0 Å². The lowest BCUT2D eigenvalue weighted by Crippen LogP contribution is -2.48. The number of benzene rings is 1. The molecule has 6 nitrogen and oxygen atoms in total. The zero-order valence-corrected chi connectivity index (χ0v) is 12.7. The molecule has 0 unspecified atom stereocenters. The Morgan fingerprint density at radius 2 is 2.00 bits per heavy atom. The van der Waals surface area contributed by atoms with Crippen molar-refractivity contribution in [2.24, 2.45) is 5.92 Å². The standard InChI is InChI=1S/C17H19N3O3/c21-17(20-8-11-6-18-7-11)14-10-19-9-13(14)12-1-2-15-16(5-12)23-4-3-22-15/h1-2,5,9-11,18-19H,3-4,6-8H2,(H,20,21). The zero-order chi connectivity index (χ0) is 15.6. The Morgan fingerprint density at radius 1 is 1.17 bits per heavy atom. The summed E-state index contributed by atoms with van der Waals surface area (Å²) in [5, 5.41) is 6.21. The maximum atomic E-state index is 12.4. The van der Waals surface area contributed by atoms with E-state index in [-0.39, 0.29) is 5.91 Å². The lowest BCUT2D eigenvalue weighted by Gasteiger charge is -2.27. The molecular formula is C17H19N3O3. The number of amides is 1. The highest BCUT2D eigenvalue weighted by molar-refractivity contribution is 6.00. The predicted molar refractivity (Wildman–Crippen MR) is 85.9 cm³/mol. The van der Waals surface area contributed by atoms with E-state index in [4.69, 9.17) is 9.47 Å². The van der Waals surface area contributed by atoms with Crippen molar-refractivity contribution in [3.63, 3.8) is 0 Å². The molecule has 0 spiro atoms. The average molecular weight is 313 g/mol. The van der Waals surface area contributed by atoms with Crippen LogP contribution in [0.25, 0.3) is 11.1 Å². The molecule has 1 fully saturated rings. The summed E-state index contributed by atoms with van der Waals surface area (Å²) in [7, 11) is 0. The molecule has 1 saturated heterocycles. The second kappa shape index (κ2) is 5.96. The Balaban J connectivity index is 1.55. The minimum Gasteiger partial charge on any atom is -0.486 e. The van der Waals surface area contributed by atoms with Crippen molar-refractivity contribution < 1.29 is 14.3 Å². The van der Waals surface area contributed by atoms with E-state index in [2.05, 4.69) is 15.6 Å². The monoisotopic (exact) mass is 313 g/mol. The molecule has 2 aliphatic rings. The number of fused-ring (bicyclic) bond motifs is 1. The summed E-state index contributed by atoms with van der Waals surface area (Å²) in [6.45, 7) is 3.77. The molecule has 0 bridgehead atoms. The molecule has 0 saturated carbocycles. The van der Waals surface area contributed by atoms with Crippen molar-refractivity contribution in [3.05, 3.63) is 36.2 Å². The van der Waals surface area contributed by atoms with E-state index in [0.717, 1.165) is 35.7 Å². The molecule has 2 aliphatic heterocycles. The topological polar surface area (TPSA) is 75.4 Å². The van der Waals surface area contributed by atoms with E-state index in [1.165, 1.54) is 0 Å². The molecule has 0 radical (unpaired) electrons. The van der Waals surface area contributed by atoms with Gasteiger partial charge in [-0.3, -0.25) is 4.79 Å². The minimum atomic E-state index is -0.0527. The summed E-state index contributed by atoms with van der Waals surface area (Å²) in [5.41, 5.74) is 2.45. The van der Waals surface area contributed by atoms with Crippen molar-refractivity contribution in [1.29, 1.82) is 0 Å². The van der Waals surface area contributed by atoms with Gasteiger partial charge < -0.3 is 25.1 Å². The molecule has 1 aromatic carbocycles. The maximum Gasteiger partial charge on any atom is 0.253 e. The van der Waals surface area contributed by atoms with Gasteiger partial charge in [-0.1, -0.05) is 6.07 Å². The number of carbonyl (C=O) groups excluding carboxylic acids is 1. The van der Waals surface area contributed by atoms with Crippen molar-refractivity contribution in [2.75, 3.05) is 32.8 Å². The van der Waals surface area contributed by atoms with Crippen LogP contribution in [0.1, 0.15) is 10.4 Å². The molecule has 23 heavy (non-hydrogen) atoms. The largest absolute Gasteiger partial charge is 0.486 e. The zero-order valence-electron chi connectivity index (χ0n) is 12.7. The van der Waals surface area contributed by atoms with E-state index < -0.39 is 0 Å². The minimum absolute atomic E-state index is 0.0527. The number of ether oxygens (including phenoxy) is 2. The van der Waals surface area contributed by atoms with Gasteiger partial charge in [-0.2, -0.15) is 0 Å². The highest BCUT2D eigenvalue weighted by Gasteiger charge is 2.20. The number of aromatic nitrogens is 1. The first-order chi connectivity index (χ1) is 11.3. The highest BCUT2D eigenvalue weighted by Crippen LogP contribution is 2.35. The lowest BCUT2D eigenvalue weighted by molar-refractivity contribution is 0.0943. The Bertz CT molecular complexity index is 722. The number of aromatic amines is 1. The van der Waals surface area contributed by atoms with E-state index in [1.54, 1.807) is 6.20 Å². The van der Waals surface area contributed by atoms with Crippen LogP contribution in [0, 0.1) is 5.92 Å². The van der Waals surface area contributed by atoms with Crippen molar-refractivity contribution >= 4 is 5.91 Å². The number of H-pyrrole nitrogens is 1. The van der Waals surface area contributed by atoms with Crippen molar-refractivity contribution in [3.8, 4) is 22.6 Å². The fraction of sp³-hybridized carbons (Fsp3) is 0.353. The second-order valence-corrected chi connectivity index (χ2v) is 5.88. The molecule has 1 aromatic heterocycles. The molecule has 4 rings (SSSR count). The highest BCUT2D eigenvalue weighted by atomic mass is 16.6. The van der Waals surface area contributed by atoms with Gasteiger partial charge in [-0.15, -0.1) is 0 Å². The van der Waals surface area contributed by atoms with Crippen LogP contribution in [0.3, 0.4) is 0 Å². The van der Waals surface area contributed by atoms with E-state index in [9.17, 15) is 4.79 Å². The Labute approximate surface area is 134 Å². The van der Waals surface area contributed by atoms with E-state index >= 15 is 0 Å². The second-order valence-electron chi connectivity index (χ2n) is 5.88. The average Bonchev–Trinajstić information content (AvgIpc) is 3.02. The Hall–Kier alpha value is -2.47. The van der Waals surface area contributed by atoms with Crippen LogP contribution in [0.4, 0.5) is 0 Å². The summed E-state index contributed by atoms with van der Waals surface area (Å²) < 4.78 is 11.2. The molecule has 3 N–H and O–H groups in total. The Kier molecular flexibility index (Phi) is 3.67. The van der Waals surface area contributed by atoms with Crippen molar-refractivity contribution in [1.82, 2.24) is 15.6 Å². The van der Waals surface area contributed by atoms with Gasteiger partial charge >= 0.3 is 0 Å². The van der Waals surface area contributed by atoms with Crippen LogP contribution < -0.4 is 20.1 Å². The van der Waals surface area contributed by atoms with Gasteiger partial charge in [-0.25, -0.2) is 0 Å². The van der Waals surface area contributed by atoms with Crippen LogP contribution in [0.2, 0.25) is 0 Å². The van der Waals surface area contributed by atoms with Crippen LogP contribution in [-0.4, -0.2) is 43.7 Å². The van der Waals surface area contributed by atoms with Gasteiger partial charge in [0.15, 0.2) is 11.5 Å². The normalized spacial score (nSPS) is 16.7. The van der Waals surface area contributed by atoms with Gasteiger partial charge in [-0.05, 0) is 17.7 Å². The van der Waals surface area contributed by atoms with Gasteiger partial charge in [0.25, 0.3) is 5.91 Å². The number of nitrogens with one attached hydrogen (secondary N) is 3. The molecule has 2 aromatic rings. The molecule has 3 heterocycles. The third-order valence-electron chi connectivity index (χ3n) is 4.26. The van der Waals surface area contributed by atoms with Gasteiger partial charge in [0.2, 0.25) is 0 Å². The molecular weight excluding hydrogens is 294 g/mol. The quantitative estimate of drug-likeness (QED) is 0.797. The summed E-state index contributed by atoms with van der Waals surface area (Å²) in [5.74, 6) is 1.96. The summed E-state index contributed by atoms with van der Waals surface area (Å²) >= 11 is 0. The number of carbonyl (C=O) groups is 1. The lowest BCUT2D eigenvalue weighted by atomic mass is 10.0. The summed E-state index contributed by atoms with van der Waals surface area (Å²) in [6.07, 6.45) is 3.58. The first kappa shape index (κ1) is 14.1. The van der Waals surface area contributed by atoms with Crippen LogP contribution >= 0.6 is 0 Å². The van der Waals surface area contributed by atoms with Gasteiger partial charge in [0, 0.05) is 43.5 Å². The summed E-state index contributed by atoms with van der Waals surface area (Å²) in [4.78, 5) is 15.5. The SMILES string of the molecule is O=C(NCC1CNC1)c1c[nH]cc1-c1ccc2c(c1)OCCO2. The van der Waals surface area contributed by atoms with Crippen molar-refractivity contribution in [2.45, 2.75) is 0 Å². The smallest absolute Gasteiger partial charge is 0.253 e. The van der Waals surface area contributed by atoms with E-state index in [1.807, 2.05) is 24.4 Å². The molecule has 120 valence electrons. The molecule has 0 aliphatic carbocycles. The van der Waals surface area contributed by atoms with Gasteiger partial charge in [0.1, 0.15) is 13.2 Å². The third kappa shape index (κ3) is 2.77. The fourth-order valence-corrected chi connectivity index (χ4v) is 2.83. The molecule has 6 heteroatoms. The molecule has 1 amide bonds. The van der Waals surface area contributed by atoms with Gasteiger partial charge in [0.05, 0.1) is 5.56 Å². The number of hydrogen-bond acceptors (Lipinski definition) is 4. The molecule has 0 atom stereocenters. The van der Waals surface area contributed by atoms with E-state index in [0.29, 0.717) is 31.2 Å². The van der Waals surface area contributed by atoms with Crippen LogP contribution in [0.5, 0.6) is 11.5 Å². The summed E-state index contributed by atoms with van der Waals surface area (Å²) in [6, 6.07) is 5.76. The first-order valence-corrected chi connectivity index (χ1v) is 7.87. The predicted octanol–water partition coefficient (Wildman–Crippen LogP) is 1.40. The first-order valence-electron chi connectivity index (χ1n) is 7.87. The number of hydrogen-bond donors (Lipinski definition) is 3. The fourth-order valence-electron chi connectivity index (χ4n) is 2.83. The third-order valence-corrected chi connectivity index (χ3v) is 4.26. The Morgan fingerprint density at radius 3 is 2.78 bits per heavy atom. The van der Waals surface area contributed by atoms with Crippen LogP contribution in [0.15, 0.2) is 30.6 Å². The number of rotatable bonds is 4.